The maximum absolute atomic E-state index is 13.2. The van der Waals surface area contributed by atoms with Gasteiger partial charge in [-0.05, 0) is 46.0 Å². The highest BCUT2D eigenvalue weighted by Crippen LogP contribution is 2.26. The topological polar surface area (TPSA) is 110 Å². The third-order valence-electron chi connectivity index (χ3n) is 4.13. The second kappa shape index (κ2) is 9.92. The zero-order chi connectivity index (χ0) is 22.6. The van der Waals surface area contributed by atoms with Crippen LogP contribution in [-0.4, -0.2) is 28.6 Å². The van der Waals surface area contributed by atoms with Crippen LogP contribution >= 0.6 is 15.9 Å². The monoisotopic (exact) mass is 484 g/mol. The highest BCUT2D eigenvalue weighted by molar-refractivity contribution is 9.10. The van der Waals surface area contributed by atoms with E-state index in [4.69, 9.17) is 10.5 Å². The fourth-order valence-corrected chi connectivity index (χ4v) is 3.34. The number of nitrogens with one attached hydrogen (secondary N) is 1. The summed E-state index contributed by atoms with van der Waals surface area (Å²) in [7, 11) is 0. The molecule has 0 aliphatic heterocycles. The zero-order valence-corrected chi connectivity index (χ0v) is 19.0. The number of aromatic nitrogens is 2. The summed E-state index contributed by atoms with van der Waals surface area (Å²) in [5.74, 6) is -0.663. The lowest BCUT2D eigenvalue weighted by Crippen LogP contribution is -2.44. The summed E-state index contributed by atoms with van der Waals surface area (Å²) >= 11 is 3.18. The Hall–Kier alpha value is -2.62. The Balaban J connectivity index is 2.40. The van der Waals surface area contributed by atoms with Crippen molar-refractivity contribution in [2.45, 2.75) is 34.2 Å². The molecule has 3 N–H and O–H groups in total. The molecular formula is C20H26BrFN4O4. The summed E-state index contributed by atoms with van der Waals surface area (Å²) in [5, 5.41) is 0. The lowest BCUT2D eigenvalue weighted by molar-refractivity contribution is -0.120. The Morgan fingerprint density at radius 1 is 1.27 bits per heavy atom. The van der Waals surface area contributed by atoms with Gasteiger partial charge in [0.1, 0.15) is 17.4 Å². The first-order chi connectivity index (χ1) is 14.0. The van der Waals surface area contributed by atoms with Gasteiger partial charge >= 0.3 is 5.69 Å². The number of hydrogen-bond acceptors (Lipinski definition) is 5. The molecule has 1 heterocycles. The van der Waals surface area contributed by atoms with Gasteiger partial charge in [0, 0.05) is 13.1 Å². The predicted molar refractivity (Wildman–Crippen MR) is 117 cm³/mol. The van der Waals surface area contributed by atoms with Crippen LogP contribution in [0.5, 0.6) is 5.75 Å². The molecule has 1 aromatic heterocycles. The van der Waals surface area contributed by atoms with Crippen molar-refractivity contribution in [2.75, 3.05) is 23.8 Å². The van der Waals surface area contributed by atoms with Gasteiger partial charge < -0.3 is 15.4 Å². The number of nitrogens with zero attached hydrogens (tertiary/aromatic N) is 2. The van der Waals surface area contributed by atoms with E-state index < -0.39 is 29.6 Å². The van der Waals surface area contributed by atoms with E-state index in [-0.39, 0.29) is 42.2 Å². The van der Waals surface area contributed by atoms with Gasteiger partial charge in [0.25, 0.3) is 11.5 Å². The van der Waals surface area contributed by atoms with Crippen LogP contribution in [0.4, 0.5) is 15.9 Å². The standard InChI is InChI=1S/C20H26BrFN4O4/c1-11(2)8-25(16(27)10-30-15-6-5-13(22)7-14(15)21)17-18(23)26(9-12(3)4)20(29)24-19(17)28/h5-7,11-12H,8-10,23H2,1-4H3,(H,24,28,29). The maximum Gasteiger partial charge on any atom is 0.330 e. The number of carbonyl (C=O) groups is 1. The van der Waals surface area contributed by atoms with Crippen molar-refractivity contribution in [2.24, 2.45) is 11.8 Å². The number of aromatic amines is 1. The third kappa shape index (κ3) is 5.71. The first-order valence-corrected chi connectivity index (χ1v) is 10.3. The van der Waals surface area contributed by atoms with Crippen molar-refractivity contribution < 1.29 is 13.9 Å². The largest absolute Gasteiger partial charge is 0.483 e. The smallest absolute Gasteiger partial charge is 0.330 e. The molecule has 30 heavy (non-hydrogen) atoms. The van der Waals surface area contributed by atoms with Crippen molar-refractivity contribution >= 4 is 33.3 Å². The van der Waals surface area contributed by atoms with Crippen molar-refractivity contribution in [1.82, 2.24) is 9.55 Å². The van der Waals surface area contributed by atoms with Gasteiger partial charge in [0.05, 0.1) is 4.47 Å². The quantitative estimate of drug-likeness (QED) is 0.598. The van der Waals surface area contributed by atoms with E-state index in [2.05, 4.69) is 20.9 Å². The van der Waals surface area contributed by atoms with Crippen molar-refractivity contribution in [3.8, 4) is 5.75 Å². The molecular weight excluding hydrogens is 459 g/mol. The molecule has 8 nitrogen and oxygen atoms in total. The third-order valence-corrected chi connectivity index (χ3v) is 4.75. The molecule has 164 valence electrons. The van der Waals surface area contributed by atoms with Crippen molar-refractivity contribution in [3.05, 3.63) is 49.3 Å². The van der Waals surface area contributed by atoms with E-state index in [0.717, 1.165) is 0 Å². The van der Waals surface area contributed by atoms with E-state index in [1.54, 1.807) is 0 Å². The number of rotatable bonds is 8. The molecule has 0 bridgehead atoms. The van der Waals surface area contributed by atoms with Crippen LogP contribution in [0.15, 0.2) is 32.3 Å². The second-order valence-electron chi connectivity index (χ2n) is 7.76. The number of ether oxygens (including phenoxy) is 1. The number of carbonyl (C=O) groups excluding carboxylic acids is 1. The summed E-state index contributed by atoms with van der Waals surface area (Å²) in [6.07, 6.45) is 0. The Morgan fingerprint density at radius 3 is 2.50 bits per heavy atom. The molecule has 0 saturated heterocycles. The van der Waals surface area contributed by atoms with Gasteiger partial charge in [0.2, 0.25) is 0 Å². The predicted octanol–water partition coefficient (Wildman–Crippen LogP) is 2.74. The Morgan fingerprint density at radius 2 is 1.93 bits per heavy atom. The van der Waals surface area contributed by atoms with E-state index in [9.17, 15) is 18.8 Å². The average molecular weight is 485 g/mol. The number of anilines is 2. The summed E-state index contributed by atoms with van der Waals surface area (Å²) in [4.78, 5) is 41.2. The van der Waals surface area contributed by atoms with Crippen LogP contribution in [0.25, 0.3) is 0 Å². The van der Waals surface area contributed by atoms with E-state index in [1.807, 2.05) is 27.7 Å². The van der Waals surface area contributed by atoms with Gasteiger partial charge in [-0.25, -0.2) is 9.18 Å². The molecule has 1 amide bonds. The molecule has 0 unspecified atom stereocenters. The molecule has 2 aromatic rings. The Labute approximate surface area is 182 Å². The minimum absolute atomic E-state index is 0.00999. The number of nitrogens with two attached hydrogens (primary N) is 1. The van der Waals surface area contributed by atoms with Gasteiger partial charge in [-0.1, -0.05) is 27.7 Å². The number of benzene rings is 1. The van der Waals surface area contributed by atoms with Gasteiger partial charge in [0.15, 0.2) is 12.3 Å². The highest BCUT2D eigenvalue weighted by Gasteiger charge is 2.25. The molecule has 0 fully saturated rings. The summed E-state index contributed by atoms with van der Waals surface area (Å²) in [5.41, 5.74) is 4.70. The summed E-state index contributed by atoms with van der Waals surface area (Å²) < 4.78 is 20.4. The first kappa shape index (κ1) is 23.7. The lowest BCUT2D eigenvalue weighted by Gasteiger charge is -2.26. The van der Waals surface area contributed by atoms with Crippen LogP contribution in [0.3, 0.4) is 0 Å². The summed E-state index contributed by atoms with van der Waals surface area (Å²) in [6.45, 7) is 7.65. The maximum atomic E-state index is 13.2. The number of hydrogen-bond donors (Lipinski definition) is 2. The SMILES string of the molecule is CC(C)CN(C(=O)COc1ccc(F)cc1Br)c1c(N)n(CC(C)C)c(=O)[nH]c1=O. The van der Waals surface area contributed by atoms with Crippen molar-refractivity contribution in [1.29, 1.82) is 0 Å². The van der Waals surface area contributed by atoms with E-state index in [1.165, 1.54) is 27.7 Å². The molecule has 2 rings (SSSR count). The Kier molecular flexibility index (Phi) is 7.83. The minimum atomic E-state index is -0.741. The molecule has 0 spiro atoms. The van der Waals surface area contributed by atoms with Crippen LogP contribution in [-0.2, 0) is 11.3 Å². The number of amides is 1. The lowest BCUT2D eigenvalue weighted by atomic mass is 10.2. The van der Waals surface area contributed by atoms with Crippen LogP contribution in [0.2, 0.25) is 0 Å². The molecule has 1 aromatic carbocycles. The van der Waals surface area contributed by atoms with Crippen LogP contribution < -0.4 is 26.6 Å². The number of nitrogen functional groups attached to an aromatic ring is 1. The van der Waals surface area contributed by atoms with Crippen LogP contribution in [0.1, 0.15) is 27.7 Å². The summed E-state index contributed by atoms with van der Waals surface area (Å²) in [6, 6.07) is 3.82. The average Bonchev–Trinajstić information content (AvgIpc) is 2.62. The second-order valence-corrected chi connectivity index (χ2v) is 8.61. The minimum Gasteiger partial charge on any atom is -0.483 e. The van der Waals surface area contributed by atoms with Gasteiger partial charge in [-0.15, -0.1) is 0 Å². The molecule has 0 aliphatic carbocycles. The van der Waals surface area contributed by atoms with E-state index in [0.29, 0.717) is 4.47 Å². The first-order valence-electron chi connectivity index (χ1n) is 9.52. The molecule has 0 atom stereocenters. The molecule has 0 radical (unpaired) electrons. The molecule has 10 heteroatoms. The fourth-order valence-electron chi connectivity index (χ4n) is 2.88. The normalized spacial score (nSPS) is 11.2. The molecule has 0 saturated carbocycles. The van der Waals surface area contributed by atoms with Gasteiger partial charge in [-0.2, -0.15) is 0 Å². The Bertz CT molecular complexity index is 1030. The zero-order valence-electron chi connectivity index (χ0n) is 17.4. The van der Waals surface area contributed by atoms with Gasteiger partial charge in [-0.3, -0.25) is 19.1 Å². The highest BCUT2D eigenvalue weighted by atomic mass is 79.9. The number of H-pyrrole nitrogens is 1. The van der Waals surface area contributed by atoms with E-state index >= 15 is 0 Å². The number of halogens is 2. The van der Waals surface area contributed by atoms with Crippen LogP contribution in [0, 0.1) is 17.7 Å². The fraction of sp³-hybridized carbons (Fsp3) is 0.450. The van der Waals surface area contributed by atoms with Crippen molar-refractivity contribution in [3.63, 3.8) is 0 Å². The molecule has 0 aliphatic rings.